The molecule has 75 heavy (non-hydrogen) atoms. The fourth-order valence-corrected chi connectivity index (χ4v) is 11.7. The van der Waals surface area contributed by atoms with E-state index in [-0.39, 0.29) is 11.8 Å². The Labute approximate surface area is 434 Å². The van der Waals surface area contributed by atoms with Gasteiger partial charge in [-0.25, -0.2) is 4.99 Å². The number of amidine groups is 1. The molecule has 5 heteroatoms. The van der Waals surface area contributed by atoms with E-state index in [2.05, 4.69) is 269 Å². The zero-order chi connectivity index (χ0) is 49.8. The second-order valence-electron chi connectivity index (χ2n) is 19.4. The topological polar surface area (TPSA) is 51.0 Å². The van der Waals surface area contributed by atoms with Crippen LogP contribution >= 0.6 is 0 Å². The molecule has 354 valence electrons. The number of benzene rings is 10. The summed E-state index contributed by atoms with van der Waals surface area (Å²) in [6.45, 7) is 0. The number of allylic oxidation sites excluding steroid dienone is 5. The molecule has 5 nitrogen and oxygen atoms in total. The Morgan fingerprint density at radius 2 is 0.973 bits per heavy atom. The molecule has 0 bridgehead atoms. The van der Waals surface area contributed by atoms with Crippen LogP contribution in [0.4, 0.5) is 0 Å². The van der Waals surface area contributed by atoms with Gasteiger partial charge >= 0.3 is 0 Å². The van der Waals surface area contributed by atoms with Gasteiger partial charge in [-0.2, -0.15) is 0 Å². The lowest BCUT2D eigenvalue weighted by molar-refractivity contribution is 0.874. The molecule has 0 spiro atoms. The molecule has 0 radical (unpaired) electrons. The quantitative estimate of drug-likeness (QED) is 0.111. The predicted molar refractivity (Wildman–Crippen MR) is 316 cm³/mol. The maximum absolute atomic E-state index is 9.99. The summed E-state index contributed by atoms with van der Waals surface area (Å²) in [6.07, 6.45) is 13.6. The molecule has 1 aliphatic carbocycles. The number of aliphatic imine (C=N–C) groups is 1. The fourth-order valence-electron chi connectivity index (χ4n) is 11.7. The first-order valence-corrected chi connectivity index (χ1v) is 25.7. The van der Waals surface area contributed by atoms with E-state index in [0.29, 0.717) is 0 Å². The Morgan fingerprint density at radius 3 is 1.53 bits per heavy atom. The van der Waals surface area contributed by atoms with Crippen LogP contribution in [-0.2, 0) is 0 Å². The van der Waals surface area contributed by atoms with Gasteiger partial charge in [0.15, 0.2) is 5.84 Å². The molecule has 0 saturated heterocycles. The van der Waals surface area contributed by atoms with Gasteiger partial charge in [0.25, 0.3) is 0 Å². The lowest BCUT2D eigenvalue weighted by atomic mass is 9.92. The molecule has 1 atom stereocenters. The maximum atomic E-state index is 9.99. The number of rotatable bonds is 9. The molecule has 14 rings (SSSR count). The van der Waals surface area contributed by atoms with Gasteiger partial charge in [0, 0.05) is 60.6 Å². The van der Waals surface area contributed by atoms with E-state index in [1.165, 1.54) is 21.5 Å². The second kappa shape index (κ2) is 18.3. The van der Waals surface area contributed by atoms with Gasteiger partial charge < -0.3 is 13.7 Å². The number of nitrogens with zero attached hydrogens (tertiary/aromatic N) is 4. The molecule has 13 aromatic rings. The summed E-state index contributed by atoms with van der Waals surface area (Å²) in [5.74, 6) is 0.234. The van der Waals surface area contributed by atoms with Crippen molar-refractivity contribution in [1.29, 1.82) is 5.41 Å². The highest BCUT2D eigenvalue weighted by Gasteiger charge is 2.26. The molecule has 1 unspecified atom stereocenters. The van der Waals surface area contributed by atoms with Gasteiger partial charge in [0.05, 0.1) is 50.2 Å². The minimum absolute atomic E-state index is 0.0295. The molecule has 10 aromatic carbocycles. The first kappa shape index (κ1) is 43.9. The van der Waals surface area contributed by atoms with E-state index in [4.69, 9.17) is 4.99 Å². The molecule has 3 heterocycles. The van der Waals surface area contributed by atoms with E-state index in [1.807, 2.05) is 18.2 Å². The van der Waals surface area contributed by atoms with Crippen molar-refractivity contribution < 1.29 is 0 Å². The Hall–Kier alpha value is -9.84. The second-order valence-corrected chi connectivity index (χ2v) is 19.4. The van der Waals surface area contributed by atoms with Crippen molar-refractivity contribution in [1.82, 2.24) is 13.7 Å². The van der Waals surface area contributed by atoms with E-state index in [9.17, 15) is 5.41 Å². The zero-order valence-electron chi connectivity index (χ0n) is 41.1. The number of hydrogen-bond acceptors (Lipinski definition) is 1. The highest BCUT2D eigenvalue weighted by molar-refractivity contribution is 6.19. The number of nitrogens with one attached hydrogen (secondary N) is 1. The summed E-state index contributed by atoms with van der Waals surface area (Å²) in [4.78, 5) is 5.24. The van der Waals surface area contributed by atoms with Crippen molar-refractivity contribution in [3.63, 3.8) is 0 Å². The monoisotopic (exact) mass is 959 g/mol. The highest BCUT2D eigenvalue weighted by atomic mass is 15.0. The largest absolute Gasteiger partial charge is 0.309 e. The zero-order valence-corrected chi connectivity index (χ0v) is 41.1. The molecule has 0 fully saturated rings. The smallest absolute Gasteiger partial charge is 0.152 e. The van der Waals surface area contributed by atoms with Gasteiger partial charge in [-0.05, 0) is 89.9 Å². The molecule has 0 saturated carbocycles. The predicted octanol–water partition coefficient (Wildman–Crippen LogP) is 17.9. The molecule has 3 aromatic heterocycles. The van der Waals surface area contributed by atoms with Gasteiger partial charge in [0.2, 0.25) is 0 Å². The van der Waals surface area contributed by atoms with Gasteiger partial charge in [-0.15, -0.1) is 0 Å². The molecular formula is C70H49N5. The molecule has 1 N–H and O–H groups in total. The van der Waals surface area contributed by atoms with Crippen LogP contribution in [0.15, 0.2) is 272 Å². The minimum Gasteiger partial charge on any atom is -0.309 e. The Morgan fingerprint density at radius 1 is 0.453 bits per heavy atom. The van der Waals surface area contributed by atoms with Crippen LogP contribution in [-0.4, -0.2) is 25.2 Å². The van der Waals surface area contributed by atoms with Crippen LogP contribution in [0.2, 0.25) is 0 Å². The number of hydrogen-bond donors (Lipinski definition) is 1. The summed E-state index contributed by atoms with van der Waals surface area (Å²) in [6, 6.07) is 84.9. The molecule has 0 aliphatic heterocycles. The van der Waals surface area contributed by atoms with E-state index < -0.39 is 0 Å². The molecule has 1 aliphatic rings. The van der Waals surface area contributed by atoms with Crippen molar-refractivity contribution in [2.45, 2.75) is 6.42 Å². The third kappa shape index (κ3) is 7.47. The van der Waals surface area contributed by atoms with Crippen LogP contribution in [0.25, 0.3) is 111 Å². The van der Waals surface area contributed by atoms with Crippen LogP contribution in [0, 0.1) is 11.3 Å². The summed E-state index contributed by atoms with van der Waals surface area (Å²) < 4.78 is 7.38. The summed E-state index contributed by atoms with van der Waals surface area (Å²) in [5.41, 5.74) is 16.7. The normalized spacial score (nSPS) is 13.9. The Bertz CT molecular complexity index is 4340. The van der Waals surface area contributed by atoms with Crippen molar-refractivity contribution in [2.75, 3.05) is 0 Å². The SMILES string of the molecule is N=C(N=C(C=Cc1ccccc1)C1C=CC=CC1)c1cc(-c2ccccc2)c(-n2c3cc(-n4c5ccccc5c5ccccc54)ccc3c3c(-n4c5ccccc5c5ccccc54)cccc32)c(-c2ccccc2)c1. The van der Waals surface area contributed by atoms with E-state index in [1.54, 1.807) is 0 Å². The third-order valence-corrected chi connectivity index (χ3v) is 15.0. The maximum Gasteiger partial charge on any atom is 0.152 e. The minimum atomic E-state index is 0.0295. The van der Waals surface area contributed by atoms with E-state index in [0.717, 1.165) is 106 Å². The van der Waals surface area contributed by atoms with Crippen LogP contribution < -0.4 is 0 Å². The van der Waals surface area contributed by atoms with Crippen molar-refractivity contribution in [2.24, 2.45) is 10.9 Å². The van der Waals surface area contributed by atoms with E-state index >= 15 is 0 Å². The lowest BCUT2D eigenvalue weighted by Gasteiger charge is -2.21. The number of fused-ring (bicyclic) bond motifs is 9. The number of aromatic nitrogens is 3. The number of para-hydroxylation sites is 4. The van der Waals surface area contributed by atoms with Crippen molar-refractivity contribution in [3.05, 3.63) is 278 Å². The summed E-state index contributed by atoms with van der Waals surface area (Å²) in [5, 5.41) is 17.1. The third-order valence-electron chi connectivity index (χ3n) is 15.0. The Balaban J connectivity index is 1.09. The summed E-state index contributed by atoms with van der Waals surface area (Å²) >= 11 is 0. The molecular weight excluding hydrogens is 911 g/mol. The Kier molecular flexibility index (Phi) is 10.7. The highest BCUT2D eigenvalue weighted by Crippen LogP contribution is 2.46. The average Bonchev–Trinajstić information content (AvgIpc) is 4.13. The van der Waals surface area contributed by atoms with Gasteiger partial charge in [-0.1, -0.05) is 206 Å². The van der Waals surface area contributed by atoms with Crippen LogP contribution in [0.3, 0.4) is 0 Å². The van der Waals surface area contributed by atoms with Crippen LogP contribution in [0.5, 0.6) is 0 Å². The van der Waals surface area contributed by atoms with Gasteiger partial charge in [0.1, 0.15) is 0 Å². The lowest BCUT2D eigenvalue weighted by Crippen LogP contribution is -2.13. The average molecular weight is 960 g/mol. The summed E-state index contributed by atoms with van der Waals surface area (Å²) in [7, 11) is 0. The molecule has 0 amide bonds. The first-order chi connectivity index (χ1) is 37.2. The first-order valence-electron chi connectivity index (χ1n) is 25.7. The van der Waals surface area contributed by atoms with Crippen molar-refractivity contribution in [3.8, 4) is 39.3 Å². The van der Waals surface area contributed by atoms with Gasteiger partial charge in [-0.3, -0.25) is 5.41 Å². The standard InChI is InChI=1S/C70H49N5/c71-70(72-60(50-28-11-4-12-29-50)43-40-47-22-5-1-6-23-47)51-44-58(48-24-7-2-8-25-48)69(59(45-51)49-26-9-3-10-27-49)75-66-39-21-38-65(74-63-36-19-15-32-55(63)56-33-16-20-37-64(56)74)68(66)57-42-41-52(46-67(57)75)73-61-34-17-13-30-53(61)54-31-14-18-35-62(54)73/h1-28,30-46,50,71H,29H2. The van der Waals surface area contributed by atoms with Crippen molar-refractivity contribution >= 4 is 83.0 Å². The van der Waals surface area contributed by atoms with Crippen LogP contribution in [0.1, 0.15) is 17.5 Å². The fraction of sp³-hybridized carbons (Fsp3) is 0.0286.